The molecule has 4 rings (SSSR count). The third-order valence-electron chi connectivity index (χ3n) is 5.65. The van der Waals surface area contributed by atoms with Crippen molar-refractivity contribution in [3.05, 3.63) is 42.2 Å². The summed E-state index contributed by atoms with van der Waals surface area (Å²) >= 11 is 0.724. The van der Waals surface area contributed by atoms with Crippen LogP contribution in [-0.2, 0) is 0 Å². The quantitative estimate of drug-likeness (QED) is 0.308. The Morgan fingerprint density at radius 1 is 1.07 bits per heavy atom. The Morgan fingerprint density at radius 3 is 2.61 bits per heavy atom. The number of hydrogen-bond donors (Lipinski definition) is 2. The molecule has 1 aromatic rings. The van der Waals surface area contributed by atoms with E-state index in [1.807, 2.05) is 37.3 Å². The zero-order valence-corrected chi connectivity index (χ0v) is 16.9. The molecule has 0 aromatic heterocycles. The first-order valence-electron chi connectivity index (χ1n) is 9.92. The summed E-state index contributed by atoms with van der Waals surface area (Å²) in [5.74, 6) is 1.92. The molecule has 0 amide bonds. The Balaban J connectivity index is 1.70. The van der Waals surface area contributed by atoms with E-state index in [4.69, 9.17) is 4.74 Å². The summed E-state index contributed by atoms with van der Waals surface area (Å²) in [6.45, 7) is 2.56. The molecular formula is C22H26N2O3S. The lowest BCUT2D eigenvalue weighted by Crippen LogP contribution is -2.12. The van der Waals surface area contributed by atoms with Gasteiger partial charge in [0.15, 0.2) is 5.82 Å². The van der Waals surface area contributed by atoms with Crippen molar-refractivity contribution in [1.29, 1.82) is 0 Å². The van der Waals surface area contributed by atoms with Crippen molar-refractivity contribution >= 4 is 12.0 Å². The van der Waals surface area contributed by atoms with E-state index in [1.54, 1.807) is 6.20 Å². The van der Waals surface area contributed by atoms with Gasteiger partial charge in [0.05, 0.1) is 12.3 Å². The van der Waals surface area contributed by atoms with Gasteiger partial charge in [0.2, 0.25) is 0 Å². The Morgan fingerprint density at radius 2 is 1.86 bits per heavy atom. The fourth-order valence-electron chi connectivity index (χ4n) is 4.08. The molecule has 2 N–H and O–H groups in total. The zero-order chi connectivity index (χ0) is 19.5. The highest BCUT2D eigenvalue weighted by Crippen LogP contribution is 2.40. The predicted molar refractivity (Wildman–Crippen MR) is 111 cm³/mol. The van der Waals surface area contributed by atoms with Crippen molar-refractivity contribution in [2.24, 2.45) is 5.92 Å². The van der Waals surface area contributed by atoms with Gasteiger partial charge < -0.3 is 14.5 Å². The molecule has 148 valence electrons. The first-order chi connectivity index (χ1) is 13.7. The van der Waals surface area contributed by atoms with Gasteiger partial charge in [0, 0.05) is 34.3 Å². The Kier molecular flexibility index (Phi) is 5.78. The highest BCUT2D eigenvalue weighted by molar-refractivity contribution is 7.93. The van der Waals surface area contributed by atoms with E-state index in [-0.39, 0.29) is 0 Å². The van der Waals surface area contributed by atoms with Gasteiger partial charge in [0.25, 0.3) is 0 Å². The highest BCUT2D eigenvalue weighted by Gasteiger charge is 2.21. The predicted octanol–water partition coefficient (Wildman–Crippen LogP) is 6.11. The van der Waals surface area contributed by atoms with Crippen LogP contribution in [0.2, 0.25) is 0 Å². The number of aromatic nitrogens is 2. The maximum Gasteiger partial charge on any atom is 0.176 e. The fourth-order valence-corrected chi connectivity index (χ4v) is 4.38. The zero-order valence-electron chi connectivity index (χ0n) is 16.1. The maximum absolute atomic E-state index is 10.3. The van der Waals surface area contributed by atoms with E-state index in [0.29, 0.717) is 24.0 Å². The van der Waals surface area contributed by atoms with E-state index in [1.165, 1.54) is 38.5 Å². The Labute approximate surface area is 169 Å². The summed E-state index contributed by atoms with van der Waals surface area (Å²) in [5, 5.41) is 10.3. The Hall–Kier alpha value is -2.18. The molecule has 1 fully saturated rings. The fraction of sp³-hybridized carbons (Fsp3) is 0.409. The number of rotatable bonds is 5. The number of benzene rings is 1. The van der Waals surface area contributed by atoms with E-state index in [2.05, 4.69) is 4.98 Å². The molecule has 2 aliphatic heterocycles. The van der Waals surface area contributed by atoms with Gasteiger partial charge in [-0.05, 0) is 61.6 Å². The molecule has 1 aromatic carbocycles. The smallest absolute Gasteiger partial charge is 0.176 e. The molecule has 3 aliphatic rings. The van der Waals surface area contributed by atoms with Gasteiger partial charge in [-0.1, -0.05) is 25.7 Å². The summed E-state index contributed by atoms with van der Waals surface area (Å²) in [6.07, 6.45) is 9.38. The van der Waals surface area contributed by atoms with Crippen LogP contribution in [0, 0.1) is 12.8 Å². The lowest BCUT2D eigenvalue weighted by atomic mass is 9.98. The molecule has 0 atom stereocenters. The van der Waals surface area contributed by atoms with E-state index >= 15 is 0 Å². The normalized spacial score (nSPS) is 15.6. The molecule has 6 heteroatoms. The molecule has 1 aliphatic carbocycles. The summed E-state index contributed by atoms with van der Waals surface area (Å²) in [4.78, 5) is 5.04. The third kappa shape index (κ3) is 3.84. The lowest BCUT2D eigenvalue weighted by Gasteiger charge is -2.20. The van der Waals surface area contributed by atoms with Crippen molar-refractivity contribution in [3.63, 3.8) is 0 Å². The topological polar surface area (TPSA) is 67.5 Å². The number of fused-ring (bicyclic) bond motifs is 1. The van der Waals surface area contributed by atoms with Crippen LogP contribution < -0.4 is 4.74 Å². The van der Waals surface area contributed by atoms with Crippen LogP contribution >= 0.6 is 12.0 Å². The van der Waals surface area contributed by atoms with Crippen molar-refractivity contribution < 1.29 is 14.5 Å². The maximum atomic E-state index is 10.3. The summed E-state index contributed by atoms with van der Waals surface area (Å²) < 4.78 is 17.0. The largest absolute Gasteiger partial charge is 0.493 e. The second-order valence-corrected chi connectivity index (χ2v) is 8.27. The number of hydrogen-bond acceptors (Lipinski definition) is 5. The Bertz CT molecular complexity index is 916. The number of ether oxygens (including phenoxy) is 1. The molecule has 0 radical (unpaired) electrons. The highest BCUT2D eigenvalue weighted by atomic mass is 32.2. The van der Waals surface area contributed by atoms with Crippen molar-refractivity contribution in [1.82, 2.24) is 9.71 Å². The van der Waals surface area contributed by atoms with Crippen LogP contribution in [0.1, 0.15) is 44.2 Å². The first kappa shape index (κ1) is 19.2. The van der Waals surface area contributed by atoms with Crippen LogP contribution in [0.3, 0.4) is 0 Å². The summed E-state index contributed by atoms with van der Waals surface area (Å²) in [6, 6.07) is 9.57. The summed E-state index contributed by atoms with van der Waals surface area (Å²) in [5.41, 5.74) is 3.40. The van der Waals surface area contributed by atoms with Gasteiger partial charge in [-0.25, -0.2) is 4.98 Å². The van der Waals surface area contributed by atoms with Crippen LogP contribution in [0.15, 0.2) is 41.4 Å². The van der Waals surface area contributed by atoms with E-state index in [0.717, 1.165) is 44.1 Å². The second kappa shape index (κ2) is 8.45. The minimum atomic E-state index is 0.520. The van der Waals surface area contributed by atoms with Crippen LogP contribution in [-0.4, -0.2) is 26.1 Å². The molecule has 28 heavy (non-hydrogen) atoms. The third-order valence-corrected chi connectivity index (χ3v) is 6.12. The molecule has 1 saturated carbocycles. The van der Waals surface area contributed by atoms with Crippen LogP contribution in [0.5, 0.6) is 5.75 Å². The average molecular weight is 399 g/mol. The SMILES string of the molecule is Cc1cc(-c2cc(SO)ccc2OCC2CCCCCC2)c2ccnc-2n1O. The lowest BCUT2D eigenvalue weighted by molar-refractivity contribution is 0.180. The minimum absolute atomic E-state index is 0.520. The number of nitrogens with zero attached hydrogens (tertiary/aromatic N) is 2. The van der Waals surface area contributed by atoms with Gasteiger partial charge in [-0.15, -0.1) is 0 Å². The molecule has 5 nitrogen and oxygen atoms in total. The first-order valence-corrected chi connectivity index (χ1v) is 10.7. The van der Waals surface area contributed by atoms with Crippen molar-refractivity contribution in [3.8, 4) is 28.3 Å². The van der Waals surface area contributed by atoms with Crippen molar-refractivity contribution in [2.45, 2.75) is 50.3 Å². The molecule has 0 unspecified atom stereocenters. The van der Waals surface area contributed by atoms with Gasteiger partial charge in [-0.2, -0.15) is 4.73 Å². The second-order valence-electron chi connectivity index (χ2n) is 7.61. The van der Waals surface area contributed by atoms with E-state index < -0.39 is 0 Å². The molecule has 2 heterocycles. The average Bonchev–Trinajstić information content (AvgIpc) is 3.06. The monoisotopic (exact) mass is 398 g/mol. The molecule has 0 saturated heterocycles. The van der Waals surface area contributed by atoms with Gasteiger partial charge in [-0.3, -0.25) is 0 Å². The van der Waals surface area contributed by atoms with Crippen molar-refractivity contribution in [2.75, 3.05) is 6.61 Å². The van der Waals surface area contributed by atoms with Gasteiger partial charge in [0.1, 0.15) is 5.75 Å². The standard InChI is InChI=1S/C22H26N2O3S/c1-15-12-19(18-10-11-23-22(18)24(15)25)20-13-17(28-26)8-9-21(20)27-14-16-6-4-2-3-5-7-16/h8-13,16,25-26H,2-7,14H2,1H3. The molecule has 0 spiro atoms. The van der Waals surface area contributed by atoms with Crippen LogP contribution in [0.4, 0.5) is 0 Å². The van der Waals surface area contributed by atoms with Crippen LogP contribution in [0.25, 0.3) is 22.5 Å². The number of aryl methyl sites for hydroxylation is 1. The summed E-state index contributed by atoms with van der Waals surface area (Å²) in [7, 11) is 0. The minimum Gasteiger partial charge on any atom is -0.493 e. The molecule has 0 bridgehead atoms. The number of pyridine rings is 1. The molecular weight excluding hydrogens is 372 g/mol. The van der Waals surface area contributed by atoms with Gasteiger partial charge >= 0.3 is 0 Å². The van der Waals surface area contributed by atoms with E-state index in [9.17, 15) is 9.76 Å².